The number of halogens is 1. The third kappa shape index (κ3) is 5.07. The summed E-state index contributed by atoms with van der Waals surface area (Å²) >= 11 is 7.28. The molecule has 28 heavy (non-hydrogen) atoms. The first-order valence-electron chi connectivity index (χ1n) is 8.85. The molecule has 2 aromatic rings. The number of amides is 1. The molecule has 6 nitrogen and oxygen atoms in total. The number of hydrogen-bond acceptors (Lipinski definition) is 4. The Bertz CT molecular complexity index is 972. The monoisotopic (exact) mass is 529 g/mol. The van der Waals surface area contributed by atoms with Crippen LogP contribution >= 0.6 is 34.8 Å². The van der Waals surface area contributed by atoms with Crippen molar-refractivity contribution in [1.82, 2.24) is 9.62 Å². The second-order valence-electron chi connectivity index (χ2n) is 6.38. The summed E-state index contributed by atoms with van der Waals surface area (Å²) in [6.45, 7) is 1.13. The maximum absolute atomic E-state index is 12.7. The number of piperidine rings is 1. The number of benzene rings is 2. The maximum atomic E-state index is 12.7. The first-order valence-corrected chi connectivity index (χ1v) is 11.8. The molecule has 1 heterocycles. The fraction of sp³-hybridized carbons (Fsp3) is 0.263. The first-order chi connectivity index (χ1) is 13.4. The van der Waals surface area contributed by atoms with Gasteiger partial charge in [-0.2, -0.15) is 4.31 Å². The Kier molecular flexibility index (Phi) is 7.02. The molecule has 1 saturated heterocycles. The number of sulfonamides is 1. The van der Waals surface area contributed by atoms with Crippen molar-refractivity contribution in [3.63, 3.8) is 0 Å². The van der Waals surface area contributed by atoms with Crippen LogP contribution in [0.15, 0.2) is 53.4 Å². The lowest BCUT2D eigenvalue weighted by Gasteiger charge is -2.25. The van der Waals surface area contributed by atoms with Crippen molar-refractivity contribution in [3.05, 3.63) is 57.7 Å². The van der Waals surface area contributed by atoms with Gasteiger partial charge in [0.15, 0.2) is 5.11 Å². The highest BCUT2D eigenvalue weighted by Gasteiger charge is 2.25. The van der Waals surface area contributed by atoms with E-state index in [1.54, 1.807) is 36.4 Å². The molecular formula is C19H20IN3O3S2. The average Bonchev–Trinajstić information content (AvgIpc) is 2.69. The molecule has 2 aromatic carbocycles. The molecule has 3 rings (SSSR count). The molecule has 0 unspecified atom stereocenters. The van der Waals surface area contributed by atoms with E-state index in [4.69, 9.17) is 12.2 Å². The molecule has 1 aliphatic rings. The molecule has 0 aliphatic carbocycles. The summed E-state index contributed by atoms with van der Waals surface area (Å²) in [7, 11) is -3.46. The number of hydrogen-bond donors (Lipinski definition) is 2. The van der Waals surface area contributed by atoms with Crippen molar-refractivity contribution in [2.45, 2.75) is 24.2 Å². The lowest BCUT2D eigenvalue weighted by Crippen LogP contribution is -2.35. The summed E-state index contributed by atoms with van der Waals surface area (Å²) in [5.41, 5.74) is 1.14. The topological polar surface area (TPSA) is 78.5 Å². The Hall–Kier alpha value is -1.56. The van der Waals surface area contributed by atoms with E-state index in [-0.39, 0.29) is 15.9 Å². The van der Waals surface area contributed by atoms with E-state index in [9.17, 15) is 13.2 Å². The highest BCUT2D eigenvalue weighted by Crippen LogP contribution is 2.22. The SMILES string of the molecule is O=C(NC(=S)Nc1ccc(S(=O)(=O)N2CCCCC2)cc1)c1ccccc1I. The van der Waals surface area contributed by atoms with Crippen molar-refractivity contribution in [2.24, 2.45) is 0 Å². The second-order valence-corrected chi connectivity index (χ2v) is 9.89. The average molecular weight is 529 g/mol. The zero-order valence-corrected chi connectivity index (χ0v) is 18.8. The van der Waals surface area contributed by atoms with Gasteiger partial charge in [-0.25, -0.2) is 8.42 Å². The molecule has 0 aromatic heterocycles. The van der Waals surface area contributed by atoms with Crippen molar-refractivity contribution in [1.29, 1.82) is 0 Å². The van der Waals surface area contributed by atoms with E-state index < -0.39 is 10.0 Å². The summed E-state index contributed by atoms with van der Waals surface area (Å²) in [5, 5.41) is 5.69. The highest BCUT2D eigenvalue weighted by atomic mass is 127. The predicted octanol–water partition coefficient (Wildman–Crippen LogP) is 3.59. The second kappa shape index (κ2) is 9.29. The number of thiocarbonyl (C=S) groups is 1. The van der Waals surface area contributed by atoms with E-state index >= 15 is 0 Å². The molecule has 0 saturated carbocycles. The third-order valence-corrected chi connectivity index (χ3v) is 7.47. The van der Waals surface area contributed by atoms with Crippen LogP contribution in [0.3, 0.4) is 0 Å². The van der Waals surface area contributed by atoms with Gasteiger partial charge in [-0.1, -0.05) is 18.6 Å². The van der Waals surface area contributed by atoms with Gasteiger partial charge in [0.1, 0.15) is 0 Å². The van der Waals surface area contributed by atoms with Crippen LogP contribution in [0.4, 0.5) is 5.69 Å². The molecular weight excluding hydrogens is 509 g/mol. The predicted molar refractivity (Wildman–Crippen MR) is 122 cm³/mol. The quantitative estimate of drug-likeness (QED) is 0.468. The minimum Gasteiger partial charge on any atom is -0.332 e. The van der Waals surface area contributed by atoms with Crippen molar-refractivity contribution in [2.75, 3.05) is 18.4 Å². The number of anilines is 1. The van der Waals surface area contributed by atoms with Crippen LogP contribution in [0.25, 0.3) is 0 Å². The van der Waals surface area contributed by atoms with Crippen LogP contribution in [0.2, 0.25) is 0 Å². The van der Waals surface area contributed by atoms with Crippen molar-refractivity contribution >= 4 is 61.5 Å². The highest BCUT2D eigenvalue weighted by molar-refractivity contribution is 14.1. The Labute approximate surface area is 183 Å². The number of nitrogens with zero attached hydrogens (tertiary/aromatic N) is 1. The Morgan fingerprint density at radius 2 is 1.64 bits per heavy atom. The molecule has 1 aliphatic heterocycles. The van der Waals surface area contributed by atoms with Crippen LogP contribution in [0.5, 0.6) is 0 Å². The fourth-order valence-corrected chi connectivity index (χ4v) is 5.30. The van der Waals surface area contributed by atoms with Gasteiger partial charge in [-0.3, -0.25) is 10.1 Å². The van der Waals surface area contributed by atoms with E-state index in [0.29, 0.717) is 24.3 Å². The molecule has 148 valence electrons. The van der Waals surface area contributed by atoms with Gasteiger partial charge in [-0.05, 0) is 84.0 Å². The van der Waals surface area contributed by atoms with Gasteiger partial charge < -0.3 is 5.32 Å². The lowest BCUT2D eigenvalue weighted by atomic mass is 10.2. The first kappa shape index (κ1) is 21.2. The van der Waals surface area contributed by atoms with Gasteiger partial charge in [0, 0.05) is 22.3 Å². The Morgan fingerprint density at radius 1 is 1.00 bits per heavy atom. The summed E-state index contributed by atoms with van der Waals surface area (Å²) in [4.78, 5) is 12.6. The largest absolute Gasteiger partial charge is 0.332 e. The van der Waals surface area contributed by atoms with Crippen molar-refractivity contribution in [3.8, 4) is 0 Å². The molecule has 0 radical (unpaired) electrons. The summed E-state index contributed by atoms with van der Waals surface area (Å²) in [6, 6.07) is 13.6. The van der Waals surface area contributed by atoms with Crippen molar-refractivity contribution < 1.29 is 13.2 Å². The number of carbonyl (C=O) groups is 1. The normalized spacial score (nSPS) is 15.0. The van der Waals surface area contributed by atoms with E-state index in [0.717, 1.165) is 22.8 Å². The van der Waals surface area contributed by atoms with Gasteiger partial charge >= 0.3 is 0 Å². The van der Waals surface area contributed by atoms with E-state index in [1.807, 2.05) is 12.1 Å². The van der Waals surface area contributed by atoms with Gasteiger partial charge in [0.25, 0.3) is 5.91 Å². The third-order valence-electron chi connectivity index (χ3n) is 4.41. The zero-order chi connectivity index (χ0) is 20.1. The summed E-state index contributed by atoms with van der Waals surface area (Å²) in [6.07, 6.45) is 2.86. The van der Waals surface area contributed by atoms with Gasteiger partial charge in [-0.15, -0.1) is 0 Å². The van der Waals surface area contributed by atoms with Crippen LogP contribution in [0.1, 0.15) is 29.6 Å². The number of rotatable bonds is 4. The molecule has 0 spiro atoms. The summed E-state index contributed by atoms with van der Waals surface area (Å²) < 4.78 is 27.7. The van der Waals surface area contributed by atoms with E-state index in [1.165, 1.54) is 4.31 Å². The molecule has 0 atom stereocenters. The van der Waals surface area contributed by atoms with Crippen LogP contribution in [-0.4, -0.2) is 36.8 Å². The molecule has 1 fully saturated rings. The molecule has 2 N–H and O–H groups in total. The molecule has 1 amide bonds. The minimum atomic E-state index is -3.46. The van der Waals surface area contributed by atoms with Crippen LogP contribution in [0, 0.1) is 3.57 Å². The lowest BCUT2D eigenvalue weighted by molar-refractivity contribution is 0.0977. The number of nitrogens with one attached hydrogen (secondary N) is 2. The Balaban J connectivity index is 1.63. The summed E-state index contributed by atoms with van der Waals surface area (Å²) in [5.74, 6) is -0.299. The Morgan fingerprint density at radius 3 is 2.29 bits per heavy atom. The molecule has 9 heteroatoms. The molecule has 0 bridgehead atoms. The van der Waals surface area contributed by atoms with Crippen LogP contribution in [-0.2, 0) is 10.0 Å². The zero-order valence-electron chi connectivity index (χ0n) is 15.0. The van der Waals surface area contributed by atoms with Gasteiger partial charge in [0.05, 0.1) is 10.5 Å². The van der Waals surface area contributed by atoms with Crippen LogP contribution < -0.4 is 10.6 Å². The fourth-order valence-electron chi connectivity index (χ4n) is 2.94. The minimum absolute atomic E-state index is 0.149. The number of carbonyl (C=O) groups excluding carboxylic acids is 1. The standard InChI is InChI=1S/C19H20IN3O3S2/c20-17-7-3-2-6-16(17)18(24)22-19(27)21-14-8-10-15(11-9-14)28(25,26)23-12-4-1-5-13-23/h2-3,6-11H,1,4-5,12-13H2,(H2,21,22,24,27). The van der Waals surface area contributed by atoms with Gasteiger partial charge in [0.2, 0.25) is 10.0 Å². The smallest absolute Gasteiger partial charge is 0.258 e. The maximum Gasteiger partial charge on any atom is 0.258 e. The van der Waals surface area contributed by atoms with E-state index in [2.05, 4.69) is 33.2 Å².